The van der Waals surface area contributed by atoms with Gasteiger partial charge in [0, 0.05) is 5.56 Å². The molecule has 0 spiro atoms. The molecular formula is C11H9F3N2O3. The number of aliphatic hydroxyl groups is 1. The van der Waals surface area contributed by atoms with Crippen molar-refractivity contribution in [3.05, 3.63) is 23.8 Å². The van der Waals surface area contributed by atoms with Crippen molar-refractivity contribution in [2.24, 2.45) is 5.10 Å². The van der Waals surface area contributed by atoms with Crippen molar-refractivity contribution in [2.75, 3.05) is 6.79 Å². The van der Waals surface area contributed by atoms with Gasteiger partial charge in [-0.05, 0) is 18.2 Å². The molecule has 8 heteroatoms. The first kappa shape index (κ1) is 12.1. The van der Waals surface area contributed by atoms with Crippen LogP contribution in [0.15, 0.2) is 23.3 Å². The summed E-state index contributed by atoms with van der Waals surface area (Å²) >= 11 is 0. The van der Waals surface area contributed by atoms with E-state index in [9.17, 15) is 18.3 Å². The summed E-state index contributed by atoms with van der Waals surface area (Å²) in [6.07, 6.45) is -5.45. The molecule has 2 aliphatic rings. The van der Waals surface area contributed by atoms with Crippen molar-refractivity contribution in [2.45, 2.75) is 18.3 Å². The Hall–Kier alpha value is -1.96. The Labute approximate surface area is 105 Å². The molecule has 1 atom stereocenters. The van der Waals surface area contributed by atoms with Gasteiger partial charge in [-0.1, -0.05) is 0 Å². The summed E-state index contributed by atoms with van der Waals surface area (Å²) in [6, 6.07) is 4.69. The lowest BCUT2D eigenvalue weighted by Crippen LogP contribution is -2.52. The van der Waals surface area contributed by atoms with Crippen LogP contribution in [0, 0.1) is 0 Å². The number of halogens is 3. The summed E-state index contributed by atoms with van der Waals surface area (Å²) in [4.78, 5) is 0. The molecule has 0 fully saturated rings. The van der Waals surface area contributed by atoms with E-state index in [0.717, 1.165) is 0 Å². The number of nitrogens with one attached hydrogen (secondary N) is 1. The summed E-state index contributed by atoms with van der Waals surface area (Å²) < 4.78 is 48.1. The molecule has 0 aromatic heterocycles. The minimum Gasteiger partial charge on any atom is -0.454 e. The highest BCUT2D eigenvalue weighted by atomic mass is 19.4. The lowest BCUT2D eigenvalue weighted by molar-refractivity contribution is -0.266. The minimum atomic E-state index is -4.80. The summed E-state index contributed by atoms with van der Waals surface area (Å²) in [5.41, 5.74) is -0.729. The maximum atomic E-state index is 12.6. The summed E-state index contributed by atoms with van der Waals surface area (Å²) in [5.74, 6) is 0.976. The van der Waals surface area contributed by atoms with Gasteiger partial charge in [0.15, 0.2) is 11.5 Å². The normalized spacial score (nSPS) is 25.2. The fraction of sp³-hybridized carbons (Fsp3) is 0.364. The zero-order valence-corrected chi connectivity index (χ0v) is 9.49. The zero-order chi connectivity index (χ0) is 13.7. The molecule has 2 heterocycles. The van der Waals surface area contributed by atoms with Crippen LogP contribution in [0.2, 0.25) is 0 Å². The van der Waals surface area contributed by atoms with Gasteiger partial charge in [0.05, 0.1) is 12.1 Å². The Kier molecular flexibility index (Phi) is 2.40. The van der Waals surface area contributed by atoms with Crippen molar-refractivity contribution in [3.63, 3.8) is 0 Å². The lowest BCUT2D eigenvalue weighted by Gasteiger charge is -2.24. The van der Waals surface area contributed by atoms with E-state index < -0.39 is 18.3 Å². The quantitative estimate of drug-likeness (QED) is 0.811. The van der Waals surface area contributed by atoms with Crippen LogP contribution in [-0.2, 0) is 0 Å². The Morgan fingerprint density at radius 2 is 2.00 bits per heavy atom. The number of hydrogen-bond acceptors (Lipinski definition) is 5. The van der Waals surface area contributed by atoms with Gasteiger partial charge < -0.3 is 14.6 Å². The summed E-state index contributed by atoms with van der Waals surface area (Å²) in [6.45, 7) is 0.0794. The molecule has 2 aliphatic heterocycles. The van der Waals surface area contributed by atoms with Crippen molar-refractivity contribution in [3.8, 4) is 11.5 Å². The van der Waals surface area contributed by atoms with Crippen LogP contribution in [-0.4, -0.2) is 29.5 Å². The topological polar surface area (TPSA) is 63.1 Å². The smallest absolute Gasteiger partial charge is 0.438 e. The molecule has 0 bridgehead atoms. The molecule has 2 N–H and O–H groups in total. The van der Waals surface area contributed by atoms with Crippen molar-refractivity contribution in [1.29, 1.82) is 0 Å². The highest BCUT2D eigenvalue weighted by molar-refractivity contribution is 6.02. The first-order chi connectivity index (χ1) is 8.89. The third kappa shape index (κ3) is 1.88. The molecule has 1 aromatic rings. The molecular weight excluding hydrogens is 265 g/mol. The predicted octanol–water partition coefficient (Wildman–Crippen LogP) is 1.36. The van der Waals surface area contributed by atoms with Crippen LogP contribution >= 0.6 is 0 Å². The van der Waals surface area contributed by atoms with Crippen LogP contribution in [0.25, 0.3) is 0 Å². The number of fused-ring (bicyclic) bond motifs is 1. The SMILES string of the molecule is OC1(C(F)(F)F)CC(c2ccc3c(c2)OCO3)=NN1. The van der Waals surface area contributed by atoms with E-state index in [0.29, 0.717) is 17.1 Å². The molecule has 0 radical (unpaired) electrons. The first-order valence-corrected chi connectivity index (χ1v) is 5.42. The fourth-order valence-corrected chi connectivity index (χ4v) is 1.89. The van der Waals surface area contributed by atoms with Gasteiger partial charge in [-0.25, -0.2) is 0 Å². The van der Waals surface area contributed by atoms with Gasteiger partial charge in [-0.15, -0.1) is 0 Å². The molecule has 0 amide bonds. The Morgan fingerprint density at radius 3 is 2.68 bits per heavy atom. The molecule has 1 unspecified atom stereocenters. The van der Waals surface area contributed by atoms with Crippen LogP contribution < -0.4 is 14.9 Å². The molecule has 0 aliphatic carbocycles. The highest BCUT2D eigenvalue weighted by Gasteiger charge is 2.57. The largest absolute Gasteiger partial charge is 0.454 e. The first-order valence-electron chi connectivity index (χ1n) is 5.42. The van der Waals surface area contributed by atoms with Crippen molar-refractivity contribution >= 4 is 5.71 Å². The van der Waals surface area contributed by atoms with Gasteiger partial charge in [-0.3, -0.25) is 5.43 Å². The number of benzene rings is 1. The number of rotatable bonds is 1. The number of hydrogen-bond donors (Lipinski definition) is 2. The Balaban J connectivity index is 1.86. The summed E-state index contributed by atoms with van der Waals surface area (Å²) in [7, 11) is 0. The zero-order valence-electron chi connectivity index (χ0n) is 9.49. The van der Waals surface area contributed by atoms with E-state index in [1.54, 1.807) is 17.6 Å². The maximum Gasteiger partial charge on any atom is 0.438 e. The van der Waals surface area contributed by atoms with E-state index in [1.807, 2.05) is 0 Å². The second-order valence-electron chi connectivity index (χ2n) is 4.27. The van der Waals surface area contributed by atoms with E-state index in [2.05, 4.69) is 5.10 Å². The number of hydrazone groups is 1. The van der Waals surface area contributed by atoms with Crippen LogP contribution in [0.5, 0.6) is 11.5 Å². The molecule has 102 valence electrons. The number of ether oxygens (including phenoxy) is 2. The van der Waals surface area contributed by atoms with E-state index >= 15 is 0 Å². The second kappa shape index (κ2) is 3.77. The fourth-order valence-electron chi connectivity index (χ4n) is 1.89. The van der Waals surface area contributed by atoms with E-state index in [4.69, 9.17) is 9.47 Å². The lowest BCUT2D eigenvalue weighted by atomic mass is 10.0. The van der Waals surface area contributed by atoms with Gasteiger partial charge in [0.2, 0.25) is 6.79 Å². The molecule has 0 saturated heterocycles. The van der Waals surface area contributed by atoms with Crippen LogP contribution in [0.4, 0.5) is 13.2 Å². The second-order valence-corrected chi connectivity index (χ2v) is 4.27. The standard InChI is InChI=1S/C11H9F3N2O3/c12-11(13,14)10(17)4-7(15-16-10)6-1-2-8-9(3-6)19-5-18-8/h1-3,16-17H,4-5H2. The Morgan fingerprint density at radius 1 is 1.26 bits per heavy atom. The van der Waals surface area contributed by atoms with Gasteiger partial charge in [0.1, 0.15) is 0 Å². The maximum absolute atomic E-state index is 12.6. The molecule has 0 saturated carbocycles. The monoisotopic (exact) mass is 274 g/mol. The molecule has 5 nitrogen and oxygen atoms in total. The Bertz CT molecular complexity index is 559. The van der Waals surface area contributed by atoms with Gasteiger partial charge in [-0.2, -0.15) is 18.3 Å². The van der Waals surface area contributed by atoms with Crippen LogP contribution in [0.3, 0.4) is 0 Å². The third-order valence-electron chi connectivity index (χ3n) is 2.97. The van der Waals surface area contributed by atoms with E-state index in [-0.39, 0.29) is 12.5 Å². The molecule has 3 rings (SSSR count). The average molecular weight is 274 g/mol. The number of alkyl halides is 3. The van der Waals surface area contributed by atoms with Gasteiger partial charge in [0.25, 0.3) is 5.72 Å². The summed E-state index contributed by atoms with van der Waals surface area (Å²) in [5, 5.41) is 13.0. The third-order valence-corrected chi connectivity index (χ3v) is 2.97. The average Bonchev–Trinajstić information content (AvgIpc) is 2.93. The van der Waals surface area contributed by atoms with Crippen LogP contribution in [0.1, 0.15) is 12.0 Å². The van der Waals surface area contributed by atoms with Gasteiger partial charge >= 0.3 is 6.18 Å². The van der Waals surface area contributed by atoms with Crippen molar-refractivity contribution < 1.29 is 27.8 Å². The van der Waals surface area contributed by atoms with E-state index in [1.165, 1.54) is 6.07 Å². The molecule has 1 aromatic carbocycles. The predicted molar refractivity (Wildman–Crippen MR) is 57.9 cm³/mol. The minimum absolute atomic E-state index is 0.0794. The van der Waals surface area contributed by atoms with Crippen molar-refractivity contribution in [1.82, 2.24) is 5.43 Å². The highest BCUT2D eigenvalue weighted by Crippen LogP contribution is 2.37. The molecule has 19 heavy (non-hydrogen) atoms. The number of nitrogens with zero attached hydrogens (tertiary/aromatic N) is 1.